The van der Waals surface area contributed by atoms with E-state index in [0.717, 1.165) is 9.35 Å². The third-order valence-electron chi connectivity index (χ3n) is 2.31. The van der Waals surface area contributed by atoms with Crippen molar-refractivity contribution >= 4 is 50.4 Å². The van der Waals surface area contributed by atoms with Crippen molar-refractivity contribution in [2.45, 2.75) is 20.4 Å². The first-order chi connectivity index (χ1) is 7.91. The highest BCUT2D eigenvalue weighted by atomic mass is 79.9. The molecule has 6 heteroatoms. The van der Waals surface area contributed by atoms with Crippen LogP contribution in [0.3, 0.4) is 0 Å². The van der Waals surface area contributed by atoms with E-state index >= 15 is 0 Å². The summed E-state index contributed by atoms with van der Waals surface area (Å²) in [4.78, 5) is 13.3. The van der Waals surface area contributed by atoms with Crippen LogP contribution in [0.4, 0.5) is 0 Å². The second-order valence-electron chi connectivity index (χ2n) is 4.07. The van der Waals surface area contributed by atoms with Crippen LogP contribution in [-0.2, 0) is 11.3 Å². The van der Waals surface area contributed by atoms with Gasteiger partial charge in [0.2, 0.25) is 5.91 Å². The number of nitrogens with one attached hydrogen (secondary N) is 1. The molecule has 1 amide bonds. The number of amides is 1. The lowest BCUT2D eigenvalue weighted by Gasteiger charge is -2.18. The number of thiocarbonyl (C=S) groups is 1. The van der Waals surface area contributed by atoms with Crippen LogP contribution >= 0.6 is 39.5 Å². The van der Waals surface area contributed by atoms with E-state index in [1.165, 1.54) is 0 Å². The summed E-state index contributed by atoms with van der Waals surface area (Å²) in [6.07, 6.45) is 0. The average Bonchev–Trinajstić information content (AvgIpc) is 2.60. The van der Waals surface area contributed by atoms with Crippen molar-refractivity contribution in [1.29, 1.82) is 0 Å². The summed E-state index contributed by atoms with van der Waals surface area (Å²) in [6, 6.07) is 1.98. The van der Waals surface area contributed by atoms with E-state index in [4.69, 9.17) is 18.0 Å². The Balaban J connectivity index is 2.56. The van der Waals surface area contributed by atoms with Gasteiger partial charge in [0.15, 0.2) is 0 Å². The maximum atomic E-state index is 11.9. The molecule has 0 saturated carbocycles. The molecule has 0 aliphatic carbocycles. The van der Waals surface area contributed by atoms with Gasteiger partial charge in [0.25, 0.3) is 0 Å². The summed E-state index contributed by atoms with van der Waals surface area (Å²) in [6.45, 7) is 4.39. The Morgan fingerprint density at radius 1 is 1.65 bits per heavy atom. The Hall–Kier alpha value is -0.460. The van der Waals surface area contributed by atoms with Crippen LogP contribution in [0.15, 0.2) is 15.9 Å². The largest absolute Gasteiger partial charge is 0.393 e. The summed E-state index contributed by atoms with van der Waals surface area (Å²) in [5.74, 6) is -0.381. The van der Waals surface area contributed by atoms with E-state index < -0.39 is 5.92 Å². The molecule has 0 aliphatic rings. The third kappa shape index (κ3) is 4.37. The molecule has 0 aliphatic heterocycles. The van der Waals surface area contributed by atoms with Crippen LogP contribution in [0.2, 0.25) is 0 Å². The molecule has 3 N–H and O–H groups in total. The molecule has 0 bridgehead atoms. The molecule has 0 radical (unpaired) electrons. The fraction of sp³-hybridized carbons (Fsp3) is 0.455. The van der Waals surface area contributed by atoms with Crippen LogP contribution in [0, 0.1) is 11.8 Å². The van der Waals surface area contributed by atoms with Crippen LogP contribution in [0.5, 0.6) is 0 Å². The van der Waals surface area contributed by atoms with Gasteiger partial charge in [0, 0.05) is 14.7 Å². The van der Waals surface area contributed by atoms with Gasteiger partial charge in [0.1, 0.15) is 0 Å². The smallest absolute Gasteiger partial charge is 0.230 e. The highest BCUT2D eigenvalue weighted by Crippen LogP contribution is 2.19. The lowest BCUT2D eigenvalue weighted by atomic mass is 9.95. The van der Waals surface area contributed by atoms with Gasteiger partial charge >= 0.3 is 0 Å². The molecule has 17 heavy (non-hydrogen) atoms. The van der Waals surface area contributed by atoms with Crippen molar-refractivity contribution < 1.29 is 4.79 Å². The average molecular weight is 335 g/mol. The number of nitrogens with two attached hydrogens (primary N) is 1. The number of halogens is 1. The van der Waals surface area contributed by atoms with Crippen LogP contribution < -0.4 is 11.1 Å². The Morgan fingerprint density at radius 2 is 2.29 bits per heavy atom. The lowest BCUT2D eigenvalue weighted by Crippen LogP contribution is -2.40. The molecule has 94 valence electrons. The predicted octanol–water partition coefficient (Wildman–Crippen LogP) is 2.69. The molecule has 1 atom stereocenters. The van der Waals surface area contributed by atoms with Crippen LogP contribution in [-0.4, -0.2) is 10.9 Å². The maximum absolute atomic E-state index is 11.9. The van der Waals surface area contributed by atoms with Crippen molar-refractivity contribution in [1.82, 2.24) is 5.32 Å². The summed E-state index contributed by atoms with van der Waals surface area (Å²) in [5.41, 5.74) is 5.58. The molecule has 0 spiro atoms. The van der Waals surface area contributed by atoms with Crippen molar-refractivity contribution in [3.8, 4) is 0 Å². The van der Waals surface area contributed by atoms with Crippen LogP contribution in [0.25, 0.3) is 0 Å². The fourth-order valence-corrected chi connectivity index (χ4v) is 3.26. The van der Waals surface area contributed by atoms with E-state index in [1.54, 1.807) is 11.3 Å². The third-order valence-corrected chi connectivity index (χ3v) is 4.27. The fourth-order valence-electron chi connectivity index (χ4n) is 1.49. The summed E-state index contributed by atoms with van der Waals surface area (Å²) < 4.78 is 1.03. The van der Waals surface area contributed by atoms with Crippen molar-refractivity contribution in [3.63, 3.8) is 0 Å². The predicted molar refractivity (Wildman–Crippen MR) is 79.0 cm³/mol. The second kappa shape index (κ2) is 6.47. The quantitative estimate of drug-likeness (QED) is 0.814. The SMILES string of the molecule is CC(C)C(C(=O)NCc1cc(Br)cs1)C(N)=S. The first-order valence-corrected chi connectivity index (χ1v) is 7.30. The van der Waals surface area contributed by atoms with Crippen molar-refractivity contribution in [3.05, 3.63) is 20.8 Å². The van der Waals surface area contributed by atoms with Crippen LogP contribution in [0.1, 0.15) is 18.7 Å². The Bertz CT molecular complexity index is 417. The van der Waals surface area contributed by atoms with E-state index in [1.807, 2.05) is 25.3 Å². The second-order valence-corrected chi connectivity index (χ2v) is 6.46. The van der Waals surface area contributed by atoms with E-state index in [9.17, 15) is 4.79 Å². The summed E-state index contributed by atoms with van der Waals surface area (Å²) >= 11 is 9.88. The van der Waals surface area contributed by atoms with Gasteiger partial charge in [-0.25, -0.2) is 0 Å². The molecule has 3 nitrogen and oxygen atoms in total. The van der Waals surface area contributed by atoms with E-state index in [2.05, 4.69) is 21.2 Å². The summed E-state index contributed by atoms with van der Waals surface area (Å²) in [5, 5.41) is 4.84. The summed E-state index contributed by atoms with van der Waals surface area (Å²) in [7, 11) is 0. The van der Waals surface area contributed by atoms with Gasteiger partial charge in [-0.2, -0.15) is 0 Å². The van der Waals surface area contributed by atoms with Crippen molar-refractivity contribution in [2.75, 3.05) is 0 Å². The number of rotatable bonds is 5. The normalized spacial score (nSPS) is 12.5. The van der Waals surface area contributed by atoms with Gasteiger partial charge in [-0.05, 0) is 27.9 Å². The first-order valence-electron chi connectivity index (χ1n) is 5.21. The Kier molecular flexibility index (Phi) is 5.55. The zero-order valence-electron chi connectivity index (χ0n) is 9.70. The molecular weight excluding hydrogens is 320 g/mol. The first kappa shape index (κ1) is 14.6. The van der Waals surface area contributed by atoms with Gasteiger partial charge in [-0.15, -0.1) is 11.3 Å². The topological polar surface area (TPSA) is 55.1 Å². The minimum Gasteiger partial charge on any atom is -0.393 e. The van der Waals surface area contributed by atoms with Gasteiger partial charge < -0.3 is 11.1 Å². The molecule has 1 heterocycles. The highest BCUT2D eigenvalue weighted by molar-refractivity contribution is 9.10. The number of hydrogen-bond acceptors (Lipinski definition) is 3. The molecule has 0 saturated heterocycles. The monoisotopic (exact) mass is 334 g/mol. The number of carbonyl (C=O) groups excluding carboxylic acids is 1. The number of thiophene rings is 1. The number of carbonyl (C=O) groups is 1. The lowest BCUT2D eigenvalue weighted by molar-refractivity contribution is -0.124. The van der Waals surface area contributed by atoms with Gasteiger partial charge in [-0.1, -0.05) is 26.1 Å². The van der Waals surface area contributed by atoms with Gasteiger partial charge in [-0.3, -0.25) is 4.79 Å². The molecule has 1 unspecified atom stereocenters. The van der Waals surface area contributed by atoms with Crippen molar-refractivity contribution in [2.24, 2.45) is 17.6 Å². The maximum Gasteiger partial charge on any atom is 0.230 e. The molecule has 1 rings (SSSR count). The van der Waals surface area contributed by atoms with E-state index in [-0.39, 0.29) is 16.8 Å². The minimum absolute atomic E-state index is 0.1000. The molecule has 1 aromatic heterocycles. The Morgan fingerprint density at radius 3 is 2.71 bits per heavy atom. The standard InChI is InChI=1S/C11H15BrN2OS2/c1-6(2)9(10(13)16)11(15)14-4-8-3-7(12)5-17-8/h3,5-6,9H,4H2,1-2H3,(H2,13,16)(H,14,15). The molecule has 0 fully saturated rings. The highest BCUT2D eigenvalue weighted by Gasteiger charge is 2.24. The number of hydrogen-bond donors (Lipinski definition) is 2. The van der Waals surface area contributed by atoms with Gasteiger partial charge in [0.05, 0.1) is 17.5 Å². The molecule has 1 aromatic rings. The molecular formula is C11H15BrN2OS2. The minimum atomic E-state index is -0.395. The zero-order valence-corrected chi connectivity index (χ0v) is 12.9. The zero-order chi connectivity index (χ0) is 13.0. The Labute approximate surface area is 119 Å². The molecule has 0 aromatic carbocycles. The van der Waals surface area contributed by atoms with E-state index in [0.29, 0.717) is 6.54 Å².